The maximum Gasteiger partial charge on any atom is 0.433 e. The lowest BCUT2D eigenvalue weighted by Crippen LogP contribution is -2.22. The number of hydrogen-bond acceptors (Lipinski definition) is 5. The van der Waals surface area contributed by atoms with Crippen LogP contribution in [-0.2, 0) is 17.5 Å². The Bertz CT molecular complexity index is 1330. The Kier molecular flexibility index (Phi) is 5.43. The molecule has 3 N–H and O–H groups in total. The van der Waals surface area contributed by atoms with Gasteiger partial charge in [0.25, 0.3) is 5.91 Å². The van der Waals surface area contributed by atoms with Crippen LogP contribution in [0.2, 0.25) is 0 Å². The summed E-state index contributed by atoms with van der Waals surface area (Å²) >= 11 is 0.701. The molecule has 0 radical (unpaired) electrons. The highest BCUT2D eigenvalue weighted by Crippen LogP contribution is 2.43. The zero-order valence-electron chi connectivity index (χ0n) is 16.6. The Hall–Kier alpha value is -3.73. The Balaban J connectivity index is 1.91. The van der Waals surface area contributed by atoms with Crippen LogP contribution in [-0.4, -0.2) is 26.6 Å². The minimum atomic E-state index is -4.70. The average Bonchev–Trinajstić information content (AvgIpc) is 3.31. The van der Waals surface area contributed by atoms with E-state index in [-0.39, 0.29) is 32.9 Å². The first-order valence-electron chi connectivity index (χ1n) is 9.33. The van der Waals surface area contributed by atoms with Gasteiger partial charge in [0, 0.05) is 17.3 Å². The number of halogens is 3. The van der Waals surface area contributed by atoms with Crippen molar-refractivity contribution < 1.29 is 22.8 Å². The van der Waals surface area contributed by atoms with Gasteiger partial charge in [0.2, 0.25) is 5.91 Å². The Labute approximate surface area is 183 Å². The van der Waals surface area contributed by atoms with Crippen LogP contribution in [0, 0.1) is 6.92 Å². The molecular formula is C21H16F3N5O2S. The van der Waals surface area contributed by atoms with Crippen LogP contribution in [0.5, 0.6) is 0 Å². The van der Waals surface area contributed by atoms with E-state index in [9.17, 15) is 22.8 Å². The van der Waals surface area contributed by atoms with E-state index in [1.54, 1.807) is 43.3 Å². The second-order valence-electron chi connectivity index (χ2n) is 6.95. The van der Waals surface area contributed by atoms with E-state index in [1.165, 1.54) is 10.9 Å². The molecule has 0 aliphatic rings. The van der Waals surface area contributed by atoms with Gasteiger partial charge in [-0.25, -0.2) is 4.98 Å². The molecule has 0 bridgehead atoms. The zero-order valence-corrected chi connectivity index (χ0v) is 17.4. The zero-order chi connectivity index (χ0) is 23.0. The summed E-state index contributed by atoms with van der Waals surface area (Å²) in [6, 6.07) is 11.0. The van der Waals surface area contributed by atoms with Gasteiger partial charge in [-0.2, -0.15) is 18.3 Å². The highest BCUT2D eigenvalue weighted by Gasteiger charge is 2.35. The number of pyridine rings is 1. The molecule has 2 amide bonds. The summed E-state index contributed by atoms with van der Waals surface area (Å²) in [5, 5.41) is 6.89. The number of primary amides is 1. The molecule has 3 aromatic heterocycles. The molecule has 1 aromatic carbocycles. The van der Waals surface area contributed by atoms with Gasteiger partial charge in [0.15, 0.2) is 0 Å². The van der Waals surface area contributed by atoms with E-state index >= 15 is 0 Å². The van der Waals surface area contributed by atoms with Crippen molar-refractivity contribution in [2.24, 2.45) is 5.73 Å². The molecule has 164 valence electrons. The number of benzene rings is 1. The number of alkyl halides is 3. The summed E-state index contributed by atoms with van der Waals surface area (Å²) in [6.45, 7) is 1.62. The first kappa shape index (κ1) is 21.5. The number of fused-ring (bicyclic) bond motifs is 1. The monoisotopic (exact) mass is 459 g/mol. The molecule has 0 aliphatic carbocycles. The van der Waals surface area contributed by atoms with Crippen LogP contribution >= 0.6 is 11.3 Å². The number of rotatable bonds is 5. The lowest BCUT2D eigenvalue weighted by Gasteiger charge is -2.12. The van der Waals surface area contributed by atoms with Gasteiger partial charge in [-0.3, -0.25) is 14.3 Å². The molecule has 0 atom stereocenters. The van der Waals surface area contributed by atoms with Crippen LogP contribution in [0.15, 0.2) is 48.7 Å². The molecule has 4 rings (SSSR count). The summed E-state index contributed by atoms with van der Waals surface area (Å²) < 4.78 is 42.0. The Morgan fingerprint density at radius 2 is 1.91 bits per heavy atom. The highest BCUT2D eigenvalue weighted by molar-refractivity contribution is 7.21. The van der Waals surface area contributed by atoms with E-state index in [4.69, 9.17) is 5.73 Å². The maximum absolute atomic E-state index is 13.5. The molecule has 0 saturated carbocycles. The van der Waals surface area contributed by atoms with Crippen molar-refractivity contribution in [3.05, 3.63) is 64.9 Å². The number of nitrogens with two attached hydrogens (primary N) is 1. The second kappa shape index (κ2) is 8.08. The molecule has 0 fully saturated rings. The minimum absolute atomic E-state index is 0.0346. The Morgan fingerprint density at radius 1 is 1.19 bits per heavy atom. The first-order valence-corrected chi connectivity index (χ1v) is 10.1. The van der Waals surface area contributed by atoms with Gasteiger partial charge >= 0.3 is 6.18 Å². The predicted molar refractivity (Wildman–Crippen MR) is 114 cm³/mol. The van der Waals surface area contributed by atoms with E-state index in [0.717, 1.165) is 11.8 Å². The van der Waals surface area contributed by atoms with E-state index in [1.807, 2.05) is 0 Å². The van der Waals surface area contributed by atoms with Gasteiger partial charge in [-0.1, -0.05) is 30.3 Å². The van der Waals surface area contributed by atoms with Crippen LogP contribution < -0.4 is 11.1 Å². The summed E-state index contributed by atoms with van der Waals surface area (Å²) in [5.41, 5.74) is 5.80. The largest absolute Gasteiger partial charge is 0.433 e. The third-order valence-electron chi connectivity index (χ3n) is 4.75. The first-order chi connectivity index (χ1) is 15.1. The second-order valence-corrected chi connectivity index (χ2v) is 7.95. The van der Waals surface area contributed by atoms with Crippen LogP contribution in [0.4, 0.5) is 18.9 Å². The third-order valence-corrected chi connectivity index (χ3v) is 5.85. The summed E-state index contributed by atoms with van der Waals surface area (Å²) in [5.74, 6) is -1.40. The lowest BCUT2D eigenvalue weighted by molar-refractivity contribution is -0.140. The number of nitrogens with one attached hydrogen (secondary N) is 1. The predicted octanol–water partition coefficient (Wildman–Crippen LogP) is 4.22. The topological polar surface area (TPSA) is 103 Å². The standard InChI is InChI=1S/C21H16F3N5O2S/c1-11-7-8-26-29(11)10-15(30)28-17-16-13(12-5-3-2-4-6-12)9-14(21(22,23)24)27-20(16)32-18(17)19(25)31/h2-9H,10H2,1H3,(H2,25,31)(H,28,30). The quantitative estimate of drug-likeness (QED) is 0.466. The molecule has 32 heavy (non-hydrogen) atoms. The van der Waals surface area contributed by atoms with E-state index < -0.39 is 23.7 Å². The van der Waals surface area contributed by atoms with Crippen molar-refractivity contribution >= 4 is 39.1 Å². The van der Waals surface area contributed by atoms with Gasteiger partial charge < -0.3 is 11.1 Å². The summed E-state index contributed by atoms with van der Waals surface area (Å²) in [6.07, 6.45) is -3.16. The van der Waals surface area contributed by atoms with Gasteiger partial charge in [-0.05, 0) is 30.2 Å². The van der Waals surface area contributed by atoms with Crippen molar-refractivity contribution in [1.29, 1.82) is 0 Å². The van der Waals surface area contributed by atoms with E-state index in [0.29, 0.717) is 16.9 Å². The fourth-order valence-corrected chi connectivity index (χ4v) is 4.27. The van der Waals surface area contributed by atoms with E-state index in [2.05, 4.69) is 15.4 Å². The van der Waals surface area contributed by atoms with Crippen molar-refractivity contribution in [1.82, 2.24) is 14.8 Å². The average molecular weight is 459 g/mol. The highest BCUT2D eigenvalue weighted by atomic mass is 32.1. The normalized spacial score (nSPS) is 11.6. The van der Waals surface area contributed by atoms with Crippen molar-refractivity contribution in [2.45, 2.75) is 19.6 Å². The molecule has 0 saturated heterocycles. The minimum Gasteiger partial charge on any atom is -0.365 e. The van der Waals surface area contributed by atoms with Gasteiger partial charge in [0.1, 0.15) is 21.9 Å². The van der Waals surface area contributed by atoms with Crippen LogP contribution in [0.25, 0.3) is 21.3 Å². The fourth-order valence-electron chi connectivity index (χ4n) is 3.26. The smallest absolute Gasteiger partial charge is 0.365 e. The van der Waals surface area contributed by atoms with Gasteiger partial charge in [0.05, 0.1) is 5.69 Å². The molecule has 0 spiro atoms. The van der Waals surface area contributed by atoms with Crippen molar-refractivity contribution in [3.63, 3.8) is 0 Å². The third kappa shape index (κ3) is 4.06. The molecule has 11 heteroatoms. The number of amides is 2. The SMILES string of the molecule is Cc1ccnn1CC(=O)Nc1c(C(N)=O)sc2nc(C(F)(F)F)cc(-c3ccccc3)c12. The fraction of sp³-hybridized carbons (Fsp3) is 0.143. The number of anilines is 1. The van der Waals surface area contributed by atoms with Gasteiger partial charge in [-0.15, -0.1) is 11.3 Å². The lowest BCUT2D eigenvalue weighted by atomic mass is 10.0. The van der Waals surface area contributed by atoms with Crippen LogP contribution in [0.3, 0.4) is 0 Å². The number of nitrogens with zero attached hydrogens (tertiary/aromatic N) is 3. The van der Waals surface area contributed by atoms with Crippen LogP contribution in [0.1, 0.15) is 21.1 Å². The maximum atomic E-state index is 13.5. The number of hydrogen-bond donors (Lipinski definition) is 2. The molecule has 0 unspecified atom stereocenters. The number of carbonyl (C=O) groups is 2. The molecule has 3 heterocycles. The summed E-state index contributed by atoms with van der Waals surface area (Å²) in [7, 11) is 0. The van der Waals surface area contributed by atoms with Crippen molar-refractivity contribution in [2.75, 3.05) is 5.32 Å². The molecule has 0 aliphatic heterocycles. The molecule has 7 nitrogen and oxygen atoms in total. The molecular weight excluding hydrogens is 443 g/mol. The van der Waals surface area contributed by atoms with Crippen molar-refractivity contribution in [3.8, 4) is 11.1 Å². The molecule has 4 aromatic rings. The summed E-state index contributed by atoms with van der Waals surface area (Å²) in [4.78, 5) is 28.4. The number of aromatic nitrogens is 3. The number of carbonyl (C=O) groups excluding carboxylic acids is 2. The Morgan fingerprint density at radius 3 is 2.50 bits per heavy atom. The number of aryl methyl sites for hydroxylation is 1. The number of thiophene rings is 1.